The maximum Gasteiger partial charge on any atom is 0.416 e. The van der Waals surface area contributed by atoms with Gasteiger partial charge in [0.25, 0.3) is 5.91 Å². The van der Waals surface area contributed by atoms with Crippen LogP contribution >= 0.6 is 0 Å². The Kier molecular flexibility index (Phi) is 7.69. The Morgan fingerprint density at radius 3 is 2.34 bits per heavy atom. The van der Waals surface area contributed by atoms with Gasteiger partial charge in [-0.1, -0.05) is 35.9 Å². The monoisotopic (exact) mass is 586 g/mol. The highest BCUT2D eigenvalue weighted by Gasteiger charge is 2.33. The lowest BCUT2D eigenvalue weighted by molar-refractivity contribution is -0.137. The molecular weight excluding hydrogens is 557 g/mol. The number of carbonyl (C=O) groups excluding carboxylic acids is 2. The van der Waals surface area contributed by atoms with Crippen LogP contribution in [0.4, 0.5) is 30.2 Å². The molecule has 0 bridgehead atoms. The molecule has 1 fully saturated rings. The topological polar surface area (TPSA) is 98.8 Å². The third-order valence-electron chi connectivity index (χ3n) is 7.20. The third-order valence-corrected chi connectivity index (χ3v) is 8.82. The zero-order chi connectivity index (χ0) is 29.4. The van der Waals surface area contributed by atoms with Crippen molar-refractivity contribution in [3.8, 4) is 0 Å². The SMILES string of the molecule is Cc1ccc(CS(=O)(=O)CC2Nc3ccc(C(=O)N4CCN(c5cccc(C(F)(F)F)c5)CC4)cc3NC2=O)cc1. The van der Waals surface area contributed by atoms with Crippen LogP contribution in [-0.2, 0) is 26.6 Å². The number of carbonyl (C=O) groups is 2. The summed E-state index contributed by atoms with van der Waals surface area (Å²) in [6, 6.07) is 16.1. The third kappa shape index (κ3) is 6.64. The molecule has 2 N–H and O–H groups in total. The van der Waals surface area contributed by atoms with E-state index in [1.807, 2.05) is 24.0 Å². The van der Waals surface area contributed by atoms with Crippen LogP contribution in [0.1, 0.15) is 27.0 Å². The van der Waals surface area contributed by atoms with Gasteiger partial charge in [0, 0.05) is 37.4 Å². The summed E-state index contributed by atoms with van der Waals surface area (Å²) in [5.41, 5.74) is 2.61. The van der Waals surface area contributed by atoms with Crippen LogP contribution < -0.4 is 15.5 Å². The van der Waals surface area contributed by atoms with E-state index in [1.54, 1.807) is 41.3 Å². The van der Waals surface area contributed by atoms with Crippen molar-refractivity contribution in [2.24, 2.45) is 0 Å². The fraction of sp³-hybridized carbons (Fsp3) is 0.310. The smallest absolute Gasteiger partial charge is 0.371 e. The largest absolute Gasteiger partial charge is 0.416 e. The molecule has 12 heteroatoms. The van der Waals surface area contributed by atoms with Gasteiger partial charge in [-0.2, -0.15) is 13.2 Å². The lowest BCUT2D eigenvalue weighted by Gasteiger charge is -2.36. The van der Waals surface area contributed by atoms with Gasteiger partial charge in [0.05, 0.1) is 28.4 Å². The molecule has 2 amide bonds. The molecule has 3 aromatic carbocycles. The van der Waals surface area contributed by atoms with Gasteiger partial charge in [0.15, 0.2) is 9.84 Å². The molecule has 216 valence electrons. The second-order valence-corrected chi connectivity index (χ2v) is 12.4. The summed E-state index contributed by atoms with van der Waals surface area (Å²) in [4.78, 5) is 29.4. The van der Waals surface area contributed by atoms with E-state index < -0.39 is 33.5 Å². The van der Waals surface area contributed by atoms with Gasteiger partial charge in [-0.15, -0.1) is 0 Å². The molecule has 0 saturated carbocycles. The highest BCUT2D eigenvalue weighted by Crippen LogP contribution is 2.32. The van der Waals surface area contributed by atoms with Crippen molar-refractivity contribution in [3.63, 3.8) is 0 Å². The fourth-order valence-corrected chi connectivity index (χ4v) is 6.54. The molecule has 0 spiro atoms. The lowest BCUT2D eigenvalue weighted by Crippen LogP contribution is -2.49. The average Bonchev–Trinajstić information content (AvgIpc) is 2.93. The van der Waals surface area contributed by atoms with Gasteiger partial charge in [-0.3, -0.25) is 9.59 Å². The Balaban J connectivity index is 1.20. The summed E-state index contributed by atoms with van der Waals surface area (Å²) in [5.74, 6) is -1.35. The van der Waals surface area contributed by atoms with Crippen molar-refractivity contribution in [2.75, 3.05) is 47.5 Å². The van der Waals surface area contributed by atoms with E-state index >= 15 is 0 Å². The number of halogens is 3. The van der Waals surface area contributed by atoms with Crippen molar-refractivity contribution in [1.82, 2.24) is 4.90 Å². The Bertz CT molecular complexity index is 1570. The Morgan fingerprint density at radius 1 is 0.951 bits per heavy atom. The van der Waals surface area contributed by atoms with E-state index in [0.717, 1.165) is 17.7 Å². The number of amides is 2. The second-order valence-electron chi connectivity index (χ2n) is 10.3. The Labute approximate surface area is 236 Å². The van der Waals surface area contributed by atoms with Crippen LogP contribution in [0.25, 0.3) is 0 Å². The van der Waals surface area contributed by atoms with Crippen molar-refractivity contribution < 1.29 is 31.2 Å². The zero-order valence-electron chi connectivity index (χ0n) is 22.2. The maximum atomic E-state index is 13.2. The second kappa shape index (κ2) is 11.1. The summed E-state index contributed by atoms with van der Waals surface area (Å²) in [7, 11) is -3.60. The summed E-state index contributed by atoms with van der Waals surface area (Å²) in [5, 5.41) is 5.69. The van der Waals surface area contributed by atoms with Crippen molar-refractivity contribution in [1.29, 1.82) is 0 Å². The number of alkyl halides is 3. The van der Waals surface area contributed by atoms with Crippen LogP contribution in [0.5, 0.6) is 0 Å². The average molecular weight is 587 g/mol. The summed E-state index contributed by atoms with van der Waals surface area (Å²) < 4.78 is 64.8. The first-order valence-electron chi connectivity index (χ1n) is 13.1. The zero-order valence-corrected chi connectivity index (χ0v) is 23.1. The van der Waals surface area contributed by atoms with Gasteiger partial charge in [0.1, 0.15) is 6.04 Å². The van der Waals surface area contributed by atoms with Gasteiger partial charge in [-0.05, 0) is 48.9 Å². The van der Waals surface area contributed by atoms with Gasteiger partial charge in [0.2, 0.25) is 5.91 Å². The first kappa shape index (κ1) is 28.5. The predicted octanol–water partition coefficient (Wildman–Crippen LogP) is 4.32. The number of hydrogen-bond acceptors (Lipinski definition) is 6. The van der Waals surface area contributed by atoms with Crippen LogP contribution in [0, 0.1) is 6.92 Å². The number of aryl methyl sites for hydroxylation is 1. The summed E-state index contributed by atoms with van der Waals surface area (Å²) >= 11 is 0. The van der Waals surface area contributed by atoms with Crippen LogP contribution in [0.2, 0.25) is 0 Å². The number of benzene rings is 3. The number of rotatable bonds is 6. The number of anilines is 3. The van der Waals surface area contributed by atoms with Gasteiger partial charge < -0.3 is 20.4 Å². The predicted molar refractivity (Wildman–Crippen MR) is 151 cm³/mol. The summed E-state index contributed by atoms with van der Waals surface area (Å²) in [6.07, 6.45) is -4.43. The van der Waals surface area contributed by atoms with Crippen molar-refractivity contribution >= 4 is 38.7 Å². The number of fused-ring (bicyclic) bond motifs is 1. The van der Waals surface area contributed by atoms with E-state index in [-0.39, 0.29) is 17.4 Å². The minimum Gasteiger partial charge on any atom is -0.371 e. The number of nitrogens with one attached hydrogen (secondary N) is 2. The van der Waals surface area contributed by atoms with Gasteiger partial charge >= 0.3 is 6.18 Å². The first-order valence-corrected chi connectivity index (χ1v) is 14.9. The van der Waals surface area contributed by atoms with E-state index in [4.69, 9.17) is 0 Å². The standard InChI is InChI=1S/C29H29F3N4O4S/c1-19-5-7-20(8-6-19)17-41(39,40)18-26-27(37)34-25-15-21(9-10-24(25)33-26)28(38)36-13-11-35(12-14-36)23-4-2-3-22(16-23)29(30,31)32/h2-10,15-16,26,33H,11-14,17-18H2,1H3,(H,34,37). The molecule has 2 aliphatic rings. The molecule has 8 nitrogen and oxygen atoms in total. The molecule has 2 aliphatic heterocycles. The minimum atomic E-state index is -4.43. The molecular formula is C29H29F3N4O4S. The fourth-order valence-electron chi connectivity index (χ4n) is 4.98. The molecule has 1 saturated heterocycles. The molecule has 1 unspecified atom stereocenters. The van der Waals surface area contributed by atoms with E-state index in [9.17, 15) is 31.2 Å². The van der Waals surface area contributed by atoms with Crippen LogP contribution in [0.15, 0.2) is 66.7 Å². The molecule has 1 atom stereocenters. The highest BCUT2D eigenvalue weighted by atomic mass is 32.2. The molecule has 41 heavy (non-hydrogen) atoms. The molecule has 3 aromatic rings. The van der Waals surface area contributed by atoms with Gasteiger partial charge in [-0.25, -0.2) is 8.42 Å². The highest BCUT2D eigenvalue weighted by molar-refractivity contribution is 7.90. The van der Waals surface area contributed by atoms with Crippen LogP contribution in [0.3, 0.4) is 0 Å². The lowest BCUT2D eigenvalue weighted by atomic mass is 10.1. The molecule has 0 radical (unpaired) electrons. The number of piperazine rings is 1. The molecule has 0 aliphatic carbocycles. The summed E-state index contributed by atoms with van der Waals surface area (Å²) in [6.45, 7) is 3.29. The molecule has 2 heterocycles. The minimum absolute atomic E-state index is 0.180. The van der Waals surface area contributed by atoms with E-state index in [2.05, 4.69) is 10.6 Å². The van der Waals surface area contributed by atoms with Crippen LogP contribution in [-0.4, -0.2) is 63.1 Å². The number of nitrogens with zero attached hydrogens (tertiary/aromatic N) is 2. The molecule has 0 aromatic heterocycles. The normalized spacial score (nSPS) is 17.5. The number of hydrogen-bond donors (Lipinski definition) is 2. The van der Waals surface area contributed by atoms with Crippen molar-refractivity contribution in [2.45, 2.75) is 24.9 Å². The molecule has 5 rings (SSSR count). The van der Waals surface area contributed by atoms with E-state index in [1.165, 1.54) is 6.07 Å². The van der Waals surface area contributed by atoms with E-state index in [0.29, 0.717) is 54.4 Å². The van der Waals surface area contributed by atoms with Crippen molar-refractivity contribution in [3.05, 3.63) is 89.0 Å². The Hall–Kier alpha value is -4.06. The quantitative estimate of drug-likeness (QED) is 0.447. The first-order chi connectivity index (χ1) is 19.4. The Morgan fingerprint density at radius 2 is 1.66 bits per heavy atom. The maximum absolute atomic E-state index is 13.2. The number of sulfone groups is 1.